The number of nitrogens with one attached hydrogen (secondary N) is 1. The lowest BCUT2D eigenvalue weighted by molar-refractivity contribution is -0.142. The number of amides is 2. The first-order valence-electron chi connectivity index (χ1n) is 11.4. The van der Waals surface area contributed by atoms with E-state index in [0.717, 1.165) is 23.1 Å². The number of benzene rings is 2. The molecule has 2 aromatic carbocycles. The normalized spacial score (nSPS) is 13.2. The third-order valence-electron chi connectivity index (χ3n) is 5.69. The average molecular weight is 439 g/mol. The first-order valence-corrected chi connectivity index (χ1v) is 11.4. The molecule has 0 aliphatic heterocycles. The molecule has 0 aliphatic rings. The Labute approximate surface area is 193 Å². The maximum Gasteiger partial charge on any atom is 0.261 e. The van der Waals surface area contributed by atoms with E-state index in [9.17, 15) is 9.59 Å². The van der Waals surface area contributed by atoms with Crippen LogP contribution in [0.1, 0.15) is 64.7 Å². The minimum absolute atomic E-state index is 0.0520. The van der Waals surface area contributed by atoms with Crippen LogP contribution in [0, 0.1) is 6.92 Å². The van der Waals surface area contributed by atoms with Gasteiger partial charge in [0.1, 0.15) is 11.8 Å². The summed E-state index contributed by atoms with van der Waals surface area (Å²) in [6, 6.07) is 15.2. The van der Waals surface area contributed by atoms with Gasteiger partial charge in [-0.15, -0.1) is 0 Å². The van der Waals surface area contributed by atoms with Crippen molar-refractivity contribution < 1.29 is 14.3 Å². The van der Waals surface area contributed by atoms with Gasteiger partial charge in [0, 0.05) is 12.6 Å². The van der Waals surface area contributed by atoms with Crippen molar-refractivity contribution in [3.8, 4) is 5.75 Å². The van der Waals surface area contributed by atoms with Gasteiger partial charge in [-0.3, -0.25) is 9.59 Å². The summed E-state index contributed by atoms with van der Waals surface area (Å²) in [6.45, 7) is 14.3. The molecule has 5 nitrogen and oxygen atoms in total. The van der Waals surface area contributed by atoms with Gasteiger partial charge in [-0.05, 0) is 49.8 Å². The Bertz CT molecular complexity index is 900. The highest BCUT2D eigenvalue weighted by molar-refractivity contribution is 5.88. The summed E-state index contributed by atoms with van der Waals surface area (Å²) >= 11 is 0. The molecular weight excluding hydrogens is 400 g/mol. The van der Waals surface area contributed by atoms with Crippen LogP contribution < -0.4 is 10.1 Å². The Morgan fingerprint density at radius 2 is 1.66 bits per heavy atom. The SMILES string of the molecule is CCC(C)NC(=O)C(C)N(Cc1ccc(C)cc1)C(=O)COc1ccccc1C(C)(C)C. The number of hydrogen-bond acceptors (Lipinski definition) is 3. The van der Waals surface area contributed by atoms with Gasteiger partial charge >= 0.3 is 0 Å². The fourth-order valence-electron chi connectivity index (χ4n) is 3.37. The van der Waals surface area contributed by atoms with E-state index in [1.54, 1.807) is 11.8 Å². The van der Waals surface area contributed by atoms with Gasteiger partial charge < -0.3 is 15.0 Å². The second-order valence-corrected chi connectivity index (χ2v) is 9.54. The van der Waals surface area contributed by atoms with Gasteiger partial charge in [0.15, 0.2) is 6.61 Å². The van der Waals surface area contributed by atoms with E-state index in [2.05, 4.69) is 26.1 Å². The number of carbonyl (C=O) groups excluding carboxylic acids is 2. The molecule has 0 saturated heterocycles. The fraction of sp³-hybridized carbons (Fsp3) is 0.481. The molecule has 32 heavy (non-hydrogen) atoms. The lowest BCUT2D eigenvalue weighted by atomic mass is 9.86. The molecule has 2 amide bonds. The van der Waals surface area contributed by atoms with Crippen molar-refractivity contribution in [3.05, 3.63) is 65.2 Å². The quantitative estimate of drug-likeness (QED) is 0.599. The molecule has 2 aromatic rings. The number of para-hydroxylation sites is 1. The molecule has 5 heteroatoms. The van der Waals surface area contributed by atoms with E-state index >= 15 is 0 Å². The third kappa shape index (κ3) is 7.11. The van der Waals surface area contributed by atoms with Crippen LogP contribution >= 0.6 is 0 Å². The van der Waals surface area contributed by atoms with Gasteiger partial charge in [-0.1, -0.05) is 75.7 Å². The minimum Gasteiger partial charge on any atom is -0.483 e. The lowest BCUT2D eigenvalue weighted by Crippen LogP contribution is -2.50. The van der Waals surface area contributed by atoms with Crippen molar-refractivity contribution >= 4 is 11.8 Å². The molecule has 174 valence electrons. The molecule has 0 heterocycles. The first-order chi connectivity index (χ1) is 15.0. The van der Waals surface area contributed by atoms with Gasteiger partial charge in [0.05, 0.1) is 0 Å². The summed E-state index contributed by atoms with van der Waals surface area (Å²) in [5, 5.41) is 2.99. The Kier molecular flexibility index (Phi) is 8.88. The molecular formula is C27H38N2O3. The Hall–Kier alpha value is -2.82. The van der Waals surface area contributed by atoms with E-state index in [1.807, 2.05) is 69.3 Å². The summed E-state index contributed by atoms with van der Waals surface area (Å²) in [5.74, 6) is 0.316. The van der Waals surface area contributed by atoms with Crippen molar-refractivity contribution in [1.82, 2.24) is 10.2 Å². The summed E-state index contributed by atoms with van der Waals surface area (Å²) in [6.07, 6.45) is 0.830. The number of hydrogen-bond donors (Lipinski definition) is 1. The molecule has 2 unspecified atom stereocenters. The van der Waals surface area contributed by atoms with Gasteiger partial charge in [-0.2, -0.15) is 0 Å². The molecule has 0 aromatic heterocycles. The van der Waals surface area contributed by atoms with E-state index in [0.29, 0.717) is 12.3 Å². The van der Waals surface area contributed by atoms with Crippen LogP contribution in [0.2, 0.25) is 0 Å². The van der Waals surface area contributed by atoms with Crippen LogP contribution in [0.15, 0.2) is 48.5 Å². The van der Waals surface area contributed by atoms with Gasteiger partial charge in [0.2, 0.25) is 5.91 Å². The van der Waals surface area contributed by atoms with Crippen molar-refractivity contribution in [2.24, 2.45) is 0 Å². The minimum atomic E-state index is -0.612. The van der Waals surface area contributed by atoms with Gasteiger partial charge in [-0.25, -0.2) is 0 Å². The van der Waals surface area contributed by atoms with Crippen LogP contribution in [0.25, 0.3) is 0 Å². The topological polar surface area (TPSA) is 58.6 Å². The number of ether oxygens (including phenoxy) is 1. The maximum atomic E-state index is 13.3. The van der Waals surface area contributed by atoms with Crippen LogP contribution in [0.4, 0.5) is 0 Å². The van der Waals surface area contributed by atoms with E-state index in [-0.39, 0.29) is 29.9 Å². The summed E-state index contributed by atoms with van der Waals surface area (Å²) in [5.41, 5.74) is 3.06. The van der Waals surface area contributed by atoms with Crippen LogP contribution in [0.3, 0.4) is 0 Å². The predicted octanol–water partition coefficient (Wildman–Crippen LogP) is 5.00. The molecule has 0 spiro atoms. The van der Waals surface area contributed by atoms with E-state index in [1.165, 1.54) is 0 Å². The zero-order chi connectivity index (χ0) is 23.9. The number of nitrogens with zero attached hydrogens (tertiary/aromatic N) is 1. The summed E-state index contributed by atoms with van der Waals surface area (Å²) < 4.78 is 5.97. The van der Waals surface area contributed by atoms with Crippen molar-refractivity contribution in [1.29, 1.82) is 0 Å². The average Bonchev–Trinajstić information content (AvgIpc) is 2.76. The highest BCUT2D eigenvalue weighted by atomic mass is 16.5. The first kappa shape index (κ1) is 25.4. The monoisotopic (exact) mass is 438 g/mol. The number of carbonyl (C=O) groups is 2. The van der Waals surface area contributed by atoms with E-state index < -0.39 is 6.04 Å². The molecule has 2 atom stereocenters. The molecule has 2 rings (SSSR count). The second kappa shape index (κ2) is 11.2. The largest absolute Gasteiger partial charge is 0.483 e. The van der Waals surface area contributed by atoms with Crippen molar-refractivity contribution in [2.45, 2.75) is 78.9 Å². The van der Waals surface area contributed by atoms with Crippen LogP contribution in [-0.2, 0) is 21.5 Å². The second-order valence-electron chi connectivity index (χ2n) is 9.54. The van der Waals surface area contributed by atoms with E-state index in [4.69, 9.17) is 4.74 Å². The van der Waals surface area contributed by atoms with Crippen molar-refractivity contribution in [3.63, 3.8) is 0 Å². The van der Waals surface area contributed by atoms with Crippen LogP contribution in [0.5, 0.6) is 5.75 Å². The Morgan fingerprint density at radius 1 is 1.03 bits per heavy atom. The fourth-order valence-corrected chi connectivity index (χ4v) is 3.37. The highest BCUT2D eigenvalue weighted by Gasteiger charge is 2.28. The third-order valence-corrected chi connectivity index (χ3v) is 5.69. The lowest BCUT2D eigenvalue weighted by Gasteiger charge is -2.30. The summed E-state index contributed by atoms with van der Waals surface area (Å²) in [4.78, 5) is 27.7. The molecule has 1 N–H and O–H groups in total. The Morgan fingerprint density at radius 3 is 2.25 bits per heavy atom. The predicted molar refractivity (Wildman–Crippen MR) is 130 cm³/mol. The standard InChI is InChI=1S/C27H38N2O3/c1-8-20(3)28-26(31)21(4)29(17-22-15-13-19(2)14-16-22)25(30)18-32-24-12-10-9-11-23(24)27(5,6)7/h9-16,20-21H,8,17-18H2,1-7H3,(H,28,31). The zero-order valence-electron chi connectivity index (χ0n) is 20.6. The molecule has 0 radical (unpaired) electrons. The zero-order valence-corrected chi connectivity index (χ0v) is 20.6. The molecule has 0 fully saturated rings. The number of rotatable bonds is 9. The molecule has 0 bridgehead atoms. The number of aryl methyl sites for hydroxylation is 1. The highest BCUT2D eigenvalue weighted by Crippen LogP contribution is 2.31. The molecule has 0 aliphatic carbocycles. The van der Waals surface area contributed by atoms with Crippen LogP contribution in [-0.4, -0.2) is 35.4 Å². The summed E-state index contributed by atoms with van der Waals surface area (Å²) in [7, 11) is 0. The Balaban J connectivity index is 2.21. The van der Waals surface area contributed by atoms with Crippen molar-refractivity contribution in [2.75, 3.05) is 6.61 Å². The smallest absolute Gasteiger partial charge is 0.261 e. The molecule has 0 saturated carbocycles. The maximum absolute atomic E-state index is 13.3. The van der Waals surface area contributed by atoms with Gasteiger partial charge in [0.25, 0.3) is 5.91 Å².